The molecule has 0 aliphatic heterocycles. The van der Waals surface area contributed by atoms with Crippen molar-refractivity contribution < 1.29 is 9.53 Å². The molecule has 2 aromatic carbocycles. The average Bonchev–Trinajstić information content (AvgIpc) is 2.52. The quantitative estimate of drug-likeness (QED) is 0.452. The largest absolute Gasteiger partial charge is 0.496 e. The topological polar surface area (TPSA) is 50.4 Å². The van der Waals surface area contributed by atoms with E-state index in [9.17, 15) is 4.79 Å². The zero-order chi connectivity index (χ0) is 17.9. The molecule has 7 heteroatoms. The number of ether oxygens (including phenoxy) is 1. The normalized spacial score (nSPS) is 10.2. The molecule has 1 amide bonds. The van der Waals surface area contributed by atoms with Crippen LogP contribution in [0.3, 0.4) is 0 Å². The second kappa shape index (κ2) is 8.26. The fourth-order valence-corrected chi connectivity index (χ4v) is 3.23. The highest BCUT2D eigenvalue weighted by Gasteiger charge is 2.11. The maximum atomic E-state index is 12.3. The minimum Gasteiger partial charge on any atom is -0.496 e. The Kier molecular flexibility index (Phi) is 6.59. The van der Waals surface area contributed by atoms with Crippen LogP contribution in [0.15, 0.2) is 34.8 Å². The SMILES string of the molecule is COc1ccc(C(=O)NC(=S)Nc2cc(C)c(I)c(C)c2)cc1Br. The van der Waals surface area contributed by atoms with Crippen LogP contribution in [-0.2, 0) is 0 Å². The Morgan fingerprint density at radius 3 is 2.38 bits per heavy atom. The van der Waals surface area contributed by atoms with E-state index in [4.69, 9.17) is 17.0 Å². The van der Waals surface area contributed by atoms with Gasteiger partial charge in [-0.15, -0.1) is 0 Å². The highest BCUT2D eigenvalue weighted by atomic mass is 127. The van der Waals surface area contributed by atoms with Crippen molar-refractivity contribution in [2.24, 2.45) is 0 Å². The number of anilines is 1. The molecule has 2 N–H and O–H groups in total. The zero-order valence-electron chi connectivity index (χ0n) is 13.4. The summed E-state index contributed by atoms with van der Waals surface area (Å²) in [5.41, 5.74) is 3.66. The fraction of sp³-hybridized carbons (Fsp3) is 0.176. The Labute approximate surface area is 168 Å². The summed E-state index contributed by atoms with van der Waals surface area (Å²) in [5.74, 6) is 0.381. The summed E-state index contributed by atoms with van der Waals surface area (Å²) in [6, 6.07) is 9.09. The summed E-state index contributed by atoms with van der Waals surface area (Å²) < 4.78 is 7.08. The molecule has 24 heavy (non-hydrogen) atoms. The second-order valence-electron chi connectivity index (χ2n) is 5.18. The number of methoxy groups -OCH3 is 1. The van der Waals surface area contributed by atoms with E-state index in [0.717, 1.165) is 16.8 Å². The molecule has 126 valence electrons. The maximum absolute atomic E-state index is 12.3. The van der Waals surface area contributed by atoms with E-state index in [0.29, 0.717) is 15.8 Å². The Balaban J connectivity index is 2.07. The van der Waals surface area contributed by atoms with E-state index in [1.807, 2.05) is 26.0 Å². The van der Waals surface area contributed by atoms with Gasteiger partial charge >= 0.3 is 0 Å². The van der Waals surface area contributed by atoms with Crippen LogP contribution in [0.2, 0.25) is 0 Å². The molecular weight excluding hydrogens is 503 g/mol. The molecule has 0 saturated heterocycles. The van der Waals surface area contributed by atoms with E-state index in [1.54, 1.807) is 25.3 Å². The first-order valence-electron chi connectivity index (χ1n) is 7.04. The molecule has 0 aliphatic carbocycles. The van der Waals surface area contributed by atoms with Gasteiger partial charge in [0, 0.05) is 14.8 Å². The van der Waals surface area contributed by atoms with Crippen molar-refractivity contribution >= 4 is 67.4 Å². The van der Waals surface area contributed by atoms with Gasteiger partial charge in [-0.3, -0.25) is 10.1 Å². The Morgan fingerprint density at radius 2 is 1.83 bits per heavy atom. The molecule has 0 atom stereocenters. The summed E-state index contributed by atoms with van der Waals surface area (Å²) >= 11 is 10.9. The average molecular weight is 519 g/mol. The number of amides is 1. The number of hydrogen-bond acceptors (Lipinski definition) is 3. The Hall–Kier alpha value is -1.19. The molecule has 2 rings (SSSR count). The standard InChI is InChI=1S/C17H16BrIN2O2S/c1-9-6-12(7-10(2)15(9)19)20-17(24)21-16(22)11-4-5-14(23-3)13(18)8-11/h4-8H,1-3H3,(H2,20,21,22,24). The first-order chi connectivity index (χ1) is 11.3. The molecule has 4 nitrogen and oxygen atoms in total. The minimum atomic E-state index is -0.283. The predicted octanol–water partition coefficient (Wildman–Crippen LogP) is 4.81. The molecule has 0 fully saturated rings. The summed E-state index contributed by atoms with van der Waals surface area (Å²) in [7, 11) is 1.57. The van der Waals surface area contributed by atoms with Gasteiger partial charge in [0.2, 0.25) is 0 Å². The lowest BCUT2D eigenvalue weighted by Gasteiger charge is -2.13. The monoisotopic (exact) mass is 518 g/mol. The van der Waals surface area contributed by atoms with Crippen molar-refractivity contribution in [1.29, 1.82) is 0 Å². The number of hydrogen-bond donors (Lipinski definition) is 2. The van der Waals surface area contributed by atoms with Crippen LogP contribution in [0.5, 0.6) is 5.75 Å². The van der Waals surface area contributed by atoms with Gasteiger partial charge in [0.1, 0.15) is 5.75 Å². The summed E-state index contributed by atoms with van der Waals surface area (Å²) in [5, 5.41) is 5.99. The van der Waals surface area contributed by atoms with Crippen LogP contribution in [0, 0.1) is 17.4 Å². The van der Waals surface area contributed by atoms with E-state index in [1.165, 1.54) is 3.57 Å². The summed E-state index contributed by atoms with van der Waals surface area (Å²) in [6.45, 7) is 4.08. The molecule has 0 saturated carbocycles. The maximum Gasteiger partial charge on any atom is 0.257 e. The molecule has 0 unspecified atom stereocenters. The Bertz CT molecular complexity index is 788. The zero-order valence-corrected chi connectivity index (χ0v) is 17.9. The molecule has 0 aliphatic rings. The molecule has 0 aromatic heterocycles. The highest BCUT2D eigenvalue weighted by Crippen LogP contribution is 2.25. The number of nitrogens with one attached hydrogen (secondary N) is 2. The third kappa shape index (κ3) is 4.67. The fourth-order valence-electron chi connectivity index (χ4n) is 2.16. The van der Waals surface area contributed by atoms with Crippen molar-refractivity contribution in [1.82, 2.24) is 5.32 Å². The minimum absolute atomic E-state index is 0.256. The first kappa shape index (κ1) is 19.1. The molecule has 2 aromatic rings. The van der Waals surface area contributed by atoms with Crippen molar-refractivity contribution in [3.63, 3.8) is 0 Å². The van der Waals surface area contributed by atoms with Crippen molar-refractivity contribution in [3.05, 3.63) is 55.1 Å². The highest BCUT2D eigenvalue weighted by molar-refractivity contribution is 14.1. The molecule has 0 heterocycles. The third-order valence-electron chi connectivity index (χ3n) is 3.34. The Morgan fingerprint density at radius 1 is 1.21 bits per heavy atom. The van der Waals surface area contributed by atoms with Crippen molar-refractivity contribution in [2.45, 2.75) is 13.8 Å². The number of thiocarbonyl (C=S) groups is 1. The van der Waals surface area contributed by atoms with Gasteiger partial charge in [-0.25, -0.2) is 0 Å². The molecule has 0 spiro atoms. The number of rotatable bonds is 3. The van der Waals surface area contributed by atoms with Crippen LogP contribution in [0.1, 0.15) is 21.5 Å². The van der Waals surface area contributed by atoms with Crippen LogP contribution in [-0.4, -0.2) is 18.1 Å². The van der Waals surface area contributed by atoms with Crippen LogP contribution >= 0.6 is 50.7 Å². The van der Waals surface area contributed by atoms with Gasteiger partial charge in [0.05, 0.1) is 11.6 Å². The van der Waals surface area contributed by atoms with E-state index >= 15 is 0 Å². The van der Waals surface area contributed by atoms with Crippen LogP contribution < -0.4 is 15.4 Å². The van der Waals surface area contributed by atoms with Gasteiger partial charge in [-0.1, -0.05) is 0 Å². The number of benzene rings is 2. The van der Waals surface area contributed by atoms with Crippen LogP contribution in [0.4, 0.5) is 5.69 Å². The lowest BCUT2D eigenvalue weighted by Crippen LogP contribution is -2.34. The third-order valence-corrected chi connectivity index (χ3v) is 5.86. The van der Waals surface area contributed by atoms with E-state index in [2.05, 4.69) is 49.2 Å². The van der Waals surface area contributed by atoms with Crippen LogP contribution in [0.25, 0.3) is 0 Å². The van der Waals surface area contributed by atoms with E-state index in [-0.39, 0.29) is 11.0 Å². The summed E-state index contributed by atoms with van der Waals surface area (Å²) in [4.78, 5) is 12.3. The molecule has 0 bridgehead atoms. The smallest absolute Gasteiger partial charge is 0.257 e. The number of aryl methyl sites for hydroxylation is 2. The van der Waals surface area contributed by atoms with Gasteiger partial charge in [-0.05, 0) is 106 Å². The lowest BCUT2D eigenvalue weighted by atomic mass is 10.1. The van der Waals surface area contributed by atoms with Crippen molar-refractivity contribution in [2.75, 3.05) is 12.4 Å². The molecular formula is C17H16BrIN2O2S. The second-order valence-corrected chi connectivity index (χ2v) is 7.52. The molecule has 0 radical (unpaired) electrons. The van der Waals surface area contributed by atoms with Gasteiger partial charge < -0.3 is 10.1 Å². The van der Waals surface area contributed by atoms with Gasteiger partial charge in [-0.2, -0.15) is 0 Å². The number of carbonyl (C=O) groups is 1. The number of carbonyl (C=O) groups excluding carboxylic acids is 1. The van der Waals surface area contributed by atoms with Crippen molar-refractivity contribution in [3.8, 4) is 5.75 Å². The van der Waals surface area contributed by atoms with Gasteiger partial charge in [0.25, 0.3) is 5.91 Å². The van der Waals surface area contributed by atoms with Gasteiger partial charge in [0.15, 0.2) is 5.11 Å². The number of halogens is 2. The lowest BCUT2D eigenvalue weighted by molar-refractivity contribution is 0.0977. The first-order valence-corrected chi connectivity index (χ1v) is 9.32. The predicted molar refractivity (Wildman–Crippen MR) is 113 cm³/mol. The van der Waals surface area contributed by atoms with E-state index < -0.39 is 0 Å². The summed E-state index contributed by atoms with van der Waals surface area (Å²) in [6.07, 6.45) is 0.